The van der Waals surface area contributed by atoms with Crippen LogP contribution in [0.2, 0.25) is 0 Å². The van der Waals surface area contributed by atoms with Gasteiger partial charge in [-0.15, -0.1) is 0 Å². The van der Waals surface area contributed by atoms with Crippen molar-refractivity contribution in [1.29, 1.82) is 0 Å². The Morgan fingerprint density at radius 2 is 0.971 bits per heavy atom. The van der Waals surface area contributed by atoms with Crippen molar-refractivity contribution >= 4 is 11.8 Å². The Labute approximate surface area is 205 Å². The first-order valence-corrected chi connectivity index (χ1v) is 11.9. The van der Waals surface area contributed by atoms with E-state index in [1.165, 1.54) is 4.90 Å². The molecule has 4 aromatic rings. The van der Waals surface area contributed by atoms with Crippen molar-refractivity contribution in [3.8, 4) is 0 Å². The van der Waals surface area contributed by atoms with E-state index in [2.05, 4.69) is 36.4 Å². The number of rotatable bonds is 7. The van der Waals surface area contributed by atoms with Gasteiger partial charge < -0.3 is 5.11 Å². The number of hydrogen-bond donors (Lipinski definition) is 1. The monoisotopic (exact) mass is 461 g/mol. The smallest absolute Gasteiger partial charge is 0.261 e. The van der Waals surface area contributed by atoms with Gasteiger partial charge >= 0.3 is 0 Å². The molecule has 35 heavy (non-hydrogen) atoms. The lowest BCUT2D eigenvalue weighted by Gasteiger charge is -2.40. The fraction of sp³-hybridized carbons (Fsp3) is 0.161. The van der Waals surface area contributed by atoms with Gasteiger partial charge in [-0.3, -0.25) is 14.5 Å². The van der Waals surface area contributed by atoms with Crippen molar-refractivity contribution in [1.82, 2.24) is 4.90 Å². The number of hydrogen-bond acceptors (Lipinski definition) is 3. The Morgan fingerprint density at radius 1 is 0.629 bits per heavy atom. The van der Waals surface area contributed by atoms with Gasteiger partial charge in [0.1, 0.15) is 0 Å². The van der Waals surface area contributed by atoms with Crippen molar-refractivity contribution in [3.63, 3.8) is 0 Å². The third-order valence-electron chi connectivity index (χ3n) is 7.10. The Balaban J connectivity index is 1.59. The highest BCUT2D eigenvalue weighted by atomic mass is 16.3. The molecule has 4 heteroatoms. The van der Waals surface area contributed by atoms with Gasteiger partial charge in [0.15, 0.2) is 0 Å². The van der Waals surface area contributed by atoms with Gasteiger partial charge in [0, 0.05) is 5.41 Å². The number of nitrogens with zero attached hydrogens (tertiary/aromatic N) is 1. The molecular formula is C31H27NO3. The fourth-order valence-electron chi connectivity index (χ4n) is 5.26. The van der Waals surface area contributed by atoms with E-state index in [-0.39, 0.29) is 11.8 Å². The van der Waals surface area contributed by atoms with Gasteiger partial charge in [0.05, 0.1) is 23.3 Å². The van der Waals surface area contributed by atoms with Crippen LogP contribution < -0.4 is 0 Å². The maximum atomic E-state index is 13.1. The van der Waals surface area contributed by atoms with Crippen LogP contribution in [0.1, 0.15) is 50.8 Å². The van der Waals surface area contributed by atoms with Crippen LogP contribution in [0.25, 0.3) is 0 Å². The number of aliphatic hydroxyl groups is 1. The van der Waals surface area contributed by atoms with E-state index in [1.807, 2.05) is 54.6 Å². The summed E-state index contributed by atoms with van der Waals surface area (Å²) in [5.74, 6) is -0.719. The predicted molar refractivity (Wildman–Crippen MR) is 136 cm³/mol. The van der Waals surface area contributed by atoms with Crippen molar-refractivity contribution in [2.45, 2.75) is 30.9 Å². The first kappa shape index (κ1) is 22.8. The number of fused-ring (bicyclic) bond motifs is 1. The summed E-state index contributed by atoms with van der Waals surface area (Å²) >= 11 is 0. The van der Waals surface area contributed by atoms with Gasteiger partial charge in [-0.25, -0.2) is 0 Å². The van der Waals surface area contributed by atoms with Crippen LogP contribution in [0.3, 0.4) is 0 Å². The van der Waals surface area contributed by atoms with E-state index in [0.717, 1.165) is 16.7 Å². The molecule has 0 radical (unpaired) electrons. The molecule has 4 nitrogen and oxygen atoms in total. The lowest BCUT2D eigenvalue weighted by atomic mass is 9.65. The molecule has 0 saturated heterocycles. The molecule has 0 bridgehead atoms. The Kier molecular flexibility index (Phi) is 6.06. The van der Waals surface area contributed by atoms with Gasteiger partial charge in [-0.1, -0.05) is 103 Å². The van der Waals surface area contributed by atoms with Crippen molar-refractivity contribution in [2.24, 2.45) is 0 Å². The minimum absolute atomic E-state index is 0.291. The lowest BCUT2D eigenvalue weighted by molar-refractivity contribution is 0.0324. The largest absolute Gasteiger partial charge is 0.391 e. The minimum Gasteiger partial charge on any atom is -0.391 e. The highest BCUT2D eigenvalue weighted by Crippen LogP contribution is 2.44. The molecule has 1 aliphatic rings. The highest BCUT2D eigenvalue weighted by molar-refractivity contribution is 6.21. The van der Waals surface area contributed by atoms with Crippen molar-refractivity contribution < 1.29 is 14.7 Å². The predicted octanol–water partition coefficient (Wildman–Crippen LogP) is 5.46. The number of carbonyl (C=O) groups is 2. The molecule has 0 aliphatic carbocycles. The number of carbonyl (C=O) groups excluding carboxylic acids is 2. The summed E-state index contributed by atoms with van der Waals surface area (Å²) in [7, 11) is 0. The van der Waals surface area contributed by atoms with E-state index in [0.29, 0.717) is 17.5 Å². The van der Waals surface area contributed by atoms with Crippen molar-refractivity contribution in [3.05, 3.63) is 143 Å². The van der Waals surface area contributed by atoms with Crippen LogP contribution in [0.5, 0.6) is 0 Å². The molecule has 0 saturated carbocycles. The molecule has 0 unspecified atom stereocenters. The molecule has 2 atom stereocenters. The van der Waals surface area contributed by atoms with Crippen molar-refractivity contribution in [2.75, 3.05) is 0 Å². The van der Waals surface area contributed by atoms with Gasteiger partial charge in [-0.2, -0.15) is 0 Å². The molecule has 1 N–H and O–H groups in total. The van der Waals surface area contributed by atoms with E-state index in [1.54, 1.807) is 31.2 Å². The van der Waals surface area contributed by atoms with Crippen LogP contribution in [0, 0.1) is 0 Å². The standard InChI is InChI=1S/C31H27NO3/c1-22(32-29(34)26-19-11-12-20-27(26)30(32)35)28(33)21-31(23-13-5-2-6-14-23,24-15-7-3-8-16-24)25-17-9-4-10-18-25/h2-20,22,28,33H,21H2,1H3/t22-,28-/m0/s1. The molecule has 0 fully saturated rings. The van der Waals surface area contributed by atoms with Crippen LogP contribution in [-0.2, 0) is 5.41 Å². The molecule has 5 rings (SSSR count). The fourth-order valence-corrected chi connectivity index (χ4v) is 5.26. The van der Waals surface area contributed by atoms with E-state index in [9.17, 15) is 14.7 Å². The Hall–Kier alpha value is -4.02. The summed E-state index contributed by atoms with van der Waals surface area (Å²) in [6, 6.07) is 36.4. The zero-order valence-corrected chi connectivity index (χ0v) is 19.5. The van der Waals surface area contributed by atoms with Gasteiger partial charge in [0.2, 0.25) is 0 Å². The second kappa shape index (κ2) is 9.32. The van der Waals surface area contributed by atoms with Gasteiger partial charge in [0.25, 0.3) is 11.8 Å². The normalized spacial score (nSPS) is 15.1. The quantitative estimate of drug-likeness (QED) is 0.294. The van der Waals surface area contributed by atoms with Crippen LogP contribution >= 0.6 is 0 Å². The maximum absolute atomic E-state index is 13.1. The van der Waals surface area contributed by atoms with Gasteiger partial charge in [-0.05, 0) is 42.2 Å². The molecule has 0 aromatic heterocycles. The van der Waals surface area contributed by atoms with Crippen LogP contribution in [0.4, 0.5) is 0 Å². The van der Waals surface area contributed by atoms with E-state index in [4.69, 9.17) is 0 Å². The molecule has 1 aliphatic heterocycles. The summed E-state index contributed by atoms with van der Waals surface area (Å²) < 4.78 is 0. The van der Waals surface area contributed by atoms with E-state index >= 15 is 0 Å². The molecule has 4 aromatic carbocycles. The lowest BCUT2D eigenvalue weighted by Crippen LogP contribution is -2.48. The summed E-state index contributed by atoms with van der Waals surface area (Å²) in [5.41, 5.74) is 3.19. The Bertz CT molecular complexity index is 1200. The first-order valence-electron chi connectivity index (χ1n) is 11.9. The molecule has 0 spiro atoms. The van der Waals surface area contributed by atoms with E-state index < -0.39 is 17.6 Å². The molecule has 2 amide bonds. The number of amides is 2. The third-order valence-corrected chi connectivity index (χ3v) is 7.10. The minimum atomic E-state index is -0.974. The summed E-state index contributed by atoms with van der Waals surface area (Å²) in [6.07, 6.45) is -0.683. The third kappa shape index (κ3) is 3.86. The Morgan fingerprint density at radius 3 is 1.34 bits per heavy atom. The summed E-state index contributed by atoms with van der Waals surface area (Å²) in [4.78, 5) is 27.5. The zero-order chi connectivity index (χ0) is 24.4. The SMILES string of the molecule is C[C@@H]([C@@H](O)CC(c1ccccc1)(c1ccccc1)c1ccccc1)N1C(=O)c2ccccc2C1=O. The molecular weight excluding hydrogens is 434 g/mol. The summed E-state index contributed by atoms with van der Waals surface area (Å²) in [5, 5.41) is 11.7. The maximum Gasteiger partial charge on any atom is 0.261 e. The van der Waals surface area contributed by atoms with Crippen LogP contribution in [0.15, 0.2) is 115 Å². The average molecular weight is 462 g/mol. The first-order chi connectivity index (χ1) is 17.0. The topological polar surface area (TPSA) is 57.6 Å². The zero-order valence-electron chi connectivity index (χ0n) is 19.5. The second-order valence-electron chi connectivity index (χ2n) is 9.04. The second-order valence-corrected chi connectivity index (χ2v) is 9.04. The average Bonchev–Trinajstić information content (AvgIpc) is 3.18. The summed E-state index contributed by atoms with van der Waals surface area (Å²) in [6.45, 7) is 1.75. The number of aliphatic hydroxyl groups excluding tert-OH is 1. The number of imide groups is 1. The molecule has 174 valence electrons. The highest BCUT2D eigenvalue weighted by Gasteiger charge is 2.44. The number of benzene rings is 4. The van der Waals surface area contributed by atoms with Crippen LogP contribution in [-0.4, -0.2) is 34.0 Å². The molecule has 1 heterocycles.